The van der Waals surface area contributed by atoms with Gasteiger partial charge >= 0.3 is 0 Å². The Labute approximate surface area is 112 Å². The molecule has 1 fully saturated rings. The quantitative estimate of drug-likeness (QED) is 0.753. The molecule has 1 aliphatic heterocycles. The average molecular weight is 270 g/mol. The molecule has 1 aliphatic rings. The first-order chi connectivity index (χ1) is 8.68. The molecule has 98 valence electrons. The first-order valence-corrected chi connectivity index (χ1v) is 6.80. The fraction of sp³-hybridized carbons (Fsp3) is 0.500. The molecule has 4 heteroatoms. The van der Waals surface area contributed by atoms with E-state index >= 15 is 0 Å². The summed E-state index contributed by atoms with van der Waals surface area (Å²) in [5, 5.41) is -0.779. The lowest BCUT2D eigenvalue weighted by atomic mass is 10.1. The normalized spacial score (nSPS) is 18.2. The Bertz CT molecular complexity index is 416. The van der Waals surface area contributed by atoms with Crippen molar-refractivity contribution >= 4 is 17.5 Å². The van der Waals surface area contributed by atoms with Gasteiger partial charge in [-0.05, 0) is 30.5 Å². The third-order valence-corrected chi connectivity index (χ3v) is 3.71. The first kappa shape index (κ1) is 13.3. The highest BCUT2D eigenvalue weighted by Gasteiger charge is 2.24. The molecule has 0 radical (unpaired) electrons. The molecule has 2 nitrogen and oxygen atoms in total. The highest BCUT2D eigenvalue weighted by Crippen LogP contribution is 2.25. The summed E-state index contributed by atoms with van der Waals surface area (Å²) in [7, 11) is 0. The molecule has 0 bridgehead atoms. The molecule has 0 saturated carbocycles. The molecule has 1 saturated heterocycles. The number of rotatable bonds is 2. The van der Waals surface area contributed by atoms with Gasteiger partial charge in [0.2, 0.25) is 5.91 Å². The zero-order chi connectivity index (χ0) is 13.0. The van der Waals surface area contributed by atoms with Gasteiger partial charge in [-0.2, -0.15) is 0 Å². The predicted molar refractivity (Wildman–Crippen MR) is 70.0 cm³/mol. The van der Waals surface area contributed by atoms with E-state index in [0.717, 1.165) is 38.8 Å². The number of halogens is 2. The van der Waals surface area contributed by atoms with Crippen molar-refractivity contribution in [3.05, 3.63) is 35.6 Å². The molecule has 2 rings (SSSR count). The van der Waals surface area contributed by atoms with Crippen LogP contribution in [-0.2, 0) is 4.79 Å². The number of hydrogen-bond acceptors (Lipinski definition) is 1. The Kier molecular flexibility index (Phi) is 4.59. The van der Waals surface area contributed by atoms with Gasteiger partial charge in [-0.25, -0.2) is 4.39 Å². The summed E-state index contributed by atoms with van der Waals surface area (Å²) in [4.78, 5) is 14.0. The van der Waals surface area contributed by atoms with Crippen LogP contribution >= 0.6 is 11.6 Å². The van der Waals surface area contributed by atoms with Crippen LogP contribution in [0.5, 0.6) is 0 Å². The van der Waals surface area contributed by atoms with Gasteiger partial charge in [-0.15, -0.1) is 11.6 Å². The lowest BCUT2D eigenvalue weighted by Gasteiger charge is -2.23. The minimum atomic E-state index is -0.779. The van der Waals surface area contributed by atoms with Crippen LogP contribution in [0.4, 0.5) is 4.39 Å². The van der Waals surface area contributed by atoms with Crippen LogP contribution in [0, 0.1) is 5.82 Å². The van der Waals surface area contributed by atoms with E-state index in [1.54, 1.807) is 17.0 Å². The molecule has 0 aromatic heterocycles. The van der Waals surface area contributed by atoms with E-state index < -0.39 is 5.38 Å². The summed E-state index contributed by atoms with van der Waals surface area (Å²) in [5.41, 5.74) is 0.533. The van der Waals surface area contributed by atoms with Crippen LogP contribution in [0.2, 0.25) is 0 Å². The second-order valence-electron chi connectivity index (χ2n) is 4.66. The fourth-order valence-electron chi connectivity index (χ4n) is 2.26. The lowest BCUT2D eigenvalue weighted by molar-refractivity contribution is -0.130. The SMILES string of the molecule is O=C(C(Cl)c1cccc(F)c1)N1CCCCCC1. The van der Waals surface area contributed by atoms with Gasteiger partial charge in [0.05, 0.1) is 0 Å². The monoisotopic (exact) mass is 269 g/mol. The van der Waals surface area contributed by atoms with Crippen LogP contribution in [0.3, 0.4) is 0 Å². The molecule has 0 aliphatic carbocycles. The summed E-state index contributed by atoms with van der Waals surface area (Å²) in [6.07, 6.45) is 4.38. The van der Waals surface area contributed by atoms with E-state index in [1.807, 2.05) is 0 Å². The van der Waals surface area contributed by atoms with Crippen LogP contribution < -0.4 is 0 Å². The summed E-state index contributed by atoms with van der Waals surface area (Å²) >= 11 is 6.16. The standard InChI is InChI=1S/C14H17ClFNO/c15-13(11-6-5-7-12(16)10-11)14(18)17-8-3-1-2-4-9-17/h5-7,10,13H,1-4,8-9H2. The second-order valence-corrected chi connectivity index (χ2v) is 5.09. The van der Waals surface area contributed by atoms with Crippen molar-refractivity contribution in [1.29, 1.82) is 0 Å². The number of carbonyl (C=O) groups is 1. The maximum atomic E-state index is 13.1. The lowest BCUT2D eigenvalue weighted by Crippen LogP contribution is -2.34. The maximum Gasteiger partial charge on any atom is 0.245 e. The van der Waals surface area contributed by atoms with Gasteiger partial charge in [-0.1, -0.05) is 25.0 Å². The van der Waals surface area contributed by atoms with Crippen molar-refractivity contribution in [2.24, 2.45) is 0 Å². The minimum Gasteiger partial charge on any atom is -0.341 e. The van der Waals surface area contributed by atoms with Gasteiger partial charge in [0.1, 0.15) is 11.2 Å². The van der Waals surface area contributed by atoms with E-state index in [2.05, 4.69) is 0 Å². The van der Waals surface area contributed by atoms with Gasteiger partial charge in [0, 0.05) is 13.1 Å². The highest BCUT2D eigenvalue weighted by molar-refractivity contribution is 6.30. The Balaban J connectivity index is 2.07. The molecule has 1 unspecified atom stereocenters. The van der Waals surface area contributed by atoms with Crippen LogP contribution in [0.25, 0.3) is 0 Å². The second kappa shape index (κ2) is 6.19. The zero-order valence-electron chi connectivity index (χ0n) is 10.2. The maximum absolute atomic E-state index is 13.1. The average Bonchev–Trinajstić information content (AvgIpc) is 2.66. The van der Waals surface area contributed by atoms with Crippen LogP contribution in [0.15, 0.2) is 24.3 Å². The van der Waals surface area contributed by atoms with Gasteiger partial charge < -0.3 is 4.90 Å². The number of alkyl halides is 1. The van der Waals surface area contributed by atoms with Crippen molar-refractivity contribution in [3.63, 3.8) is 0 Å². The van der Waals surface area contributed by atoms with Crippen molar-refractivity contribution in [2.45, 2.75) is 31.1 Å². The summed E-state index contributed by atoms with van der Waals surface area (Å²) in [6.45, 7) is 1.52. The number of likely N-dealkylation sites (tertiary alicyclic amines) is 1. The Morgan fingerprint density at radius 1 is 1.22 bits per heavy atom. The van der Waals surface area contributed by atoms with Crippen LogP contribution in [-0.4, -0.2) is 23.9 Å². The molecule has 1 aromatic rings. The number of nitrogens with zero attached hydrogens (tertiary/aromatic N) is 1. The van der Waals surface area contributed by atoms with Crippen molar-refractivity contribution < 1.29 is 9.18 Å². The predicted octanol–water partition coefficient (Wildman–Crippen LogP) is 3.51. The third kappa shape index (κ3) is 3.22. The van der Waals surface area contributed by atoms with E-state index in [-0.39, 0.29) is 11.7 Å². The number of amides is 1. The van der Waals surface area contributed by atoms with E-state index in [1.165, 1.54) is 12.1 Å². The van der Waals surface area contributed by atoms with Crippen molar-refractivity contribution in [3.8, 4) is 0 Å². The molecule has 1 atom stereocenters. The summed E-state index contributed by atoms with van der Waals surface area (Å²) in [6, 6.07) is 5.95. The molecule has 1 amide bonds. The van der Waals surface area contributed by atoms with Crippen molar-refractivity contribution in [2.75, 3.05) is 13.1 Å². The van der Waals surface area contributed by atoms with Crippen LogP contribution in [0.1, 0.15) is 36.6 Å². The molecular weight excluding hydrogens is 253 g/mol. The molecule has 0 N–H and O–H groups in total. The number of benzene rings is 1. The minimum absolute atomic E-state index is 0.107. The van der Waals surface area contributed by atoms with Gasteiger partial charge in [0.15, 0.2) is 0 Å². The first-order valence-electron chi connectivity index (χ1n) is 6.37. The molecule has 18 heavy (non-hydrogen) atoms. The molecule has 0 spiro atoms. The van der Waals surface area contributed by atoms with E-state index in [9.17, 15) is 9.18 Å². The highest BCUT2D eigenvalue weighted by atomic mass is 35.5. The molecule has 1 aromatic carbocycles. The molecular formula is C14H17ClFNO. The topological polar surface area (TPSA) is 20.3 Å². The smallest absolute Gasteiger partial charge is 0.245 e. The summed E-state index contributed by atoms with van der Waals surface area (Å²) < 4.78 is 13.1. The van der Waals surface area contributed by atoms with Gasteiger partial charge in [-0.3, -0.25) is 4.79 Å². The van der Waals surface area contributed by atoms with E-state index in [4.69, 9.17) is 11.6 Å². The molecule has 1 heterocycles. The zero-order valence-corrected chi connectivity index (χ0v) is 11.0. The summed E-state index contributed by atoms with van der Waals surface area (Å²) in [5.74, 6) is -0.467. The van der Waals surface area contributed by atoms with Crippen molar-refractivity contribution in [1.82, 2.24) is 4.90 Å². The van der Waals surface area contributed by atoms with Gasteiger partial charge in [0.25, 0.3) is 0 Å². The number of carbonyl (C=O) groups excluding carboxylic acids is 1. The Hall–Kier alpha value is -1.09. The largest absolute Gasteiger partial charge is 0.341 e. The number of hydrogen-bond donors (Lipinski definition) is 0. The Morgan fingerprint density at radius 2 is 1.89 bits per heavy atom. The third-order valence-electron chi connectivity index (χ3n) is 3.28. The Morgan fingerprint density at radius 3 is 2.50 bits per heavy atom. The fourth-order valence-corrected chi connectivity index (χ4v) is 2.53. The van der Waals surface area contributed by atoms with E-state index in [0.29, 0.717) is 5.56 Å².